The molecule has 1 N–H and O–H groups in total. The van der Waals surface area contributed by atoms with Crippen LogP contribution in [0.3, 0.4) is 0 Å². The Morgan fingerprint density at radius 1 is 1.28 bits per heavy atom. The van der Waals surface area contributed by atoms with E-state index in [2.05, 4.69) is 28.9 Å². The van der Waals surface area contributed by atoms with Crippen LogP contribution < -0.4 is 5.32 Å². The summed E-state index contributed by atoms with van der Waals surface area (Å²) in [6.07, 6.45) is 1.08. The van der Waals surface area contributed by atoms with E-state index in [4.69, 9.17) is 11.6 Å². The third kappa shape index (κ3) is 4.02. The van der Waals surface area contributed by atoms with Gasteiger partial charge in [0.1, 0.15) is 0 Å². The fraction of sp³-hybridized carbons (Fsp3) is 0.286. The van der Waals surface area contributed by atoms with Gasteiger partial charge in [0.15, 0.2) is 0 Å². The van der Waals surface area contributed by atoms with Crippen molar-refractivity contribution in [3.63, 3.8) is 0 Å². The highest BCUT2D eigenvalue weighted by molar-refractivity contribution is 7.99. The molecule has 2 rings (SSSR count). The topological polar surface area (TPSA) is 12.0 Å². The Balaban J connectivity index is 1.89. The lowest BCUT2D eigenvalue weighted by molar-refractivity contribution is 0.622. The van der Waals surface area contributed by atoms with Gasteiger partial charge in [0, 0.05) is 21.6 Å². The van der Waals surface area contributed by atoms with Crippen LogP contribution in [-0.4, -0.2) is 18.8 Å². The molecule has 0 saturated heterocycles. The van der Waals surface area contributed by atoms with E-state index in [-0.39, 0.29) is 0 Å². The van der Waals surface area contributed by atoms with Gasteiger partial charge in [0.2, 0.25) is 0 Å². The fourth-order valence-electron chi connectivity index (χ4n) is 1.67. The first-order valence-electron chi connectivity index (χ1n) is 5.86. The molecule has 0 aliphatic heterocycles. The Bertz CT molecular complexity index is 470. The summed E-state index contributed by atoms with van der Waals surface area (Å²) >= 11 is 9.78. The SMILES string of the molecule is CNC(CSc1ccccc1Cl)Cc1cccs1. The molecule has 1 aromatic heterocycles. The van der Waals surface area contributed by atoms with Crippen LogP contribution in [0.5, 0.6) is 0 Å². The highest BCUT2D eigenvalue weighted by Crippen LogP contribution is 2.27. The molecule has 0 radical (unpaired) electrons. The number of hydrogen-bond acceptors (Lipinski definition) is 3. The van der Waals surface area contributed by atoms with E-state index in [1.54, 1.807) is 0 Å². The van der Waals surface area contributed by atoms with Gasteiger partial charge >= 0.3 is 0 Å². The Labute approximate surface area is 122 Å². The van der Waals surface area contributed by atoms with E-state index in [1.807, 2.05) is 48.3 Å². The van der Waals surface area contributed by atoms with Crippen molar-refractivity contribution in [2.24, 2.45) is 0 Å². The van der Waals surface area contributed by atoms with Gasteiger partial charge in [-0.25, -0.2) is 0 Å². The summed E-state index contributed by atoms with van der Waals surface area (Å²) in [4.78, 5) is 2.58. The highest BCUT2D eigenvalue weighted by atomic mass is 35.5. The van der Waals surface area contributed by atoms with Gasteiger partial charge in [-0.05, 0) is 37.0 Å². The molecule has 0 bridgehead atoms. The van der Waals surface area contributed by atoms with Gasteiger partial charge < -0.3 is 5.32 Å². The zero-order valence-corrected chi connectivity index (χ0v) is 12.6. The Kier molecular flexibility index (Phi) is 5.57. The molecule has 0 aliphatic carbocycles. The van der Waals surface area contributed by atoms with Crippen molar-refractivity contribution in [2.75, 3.05) is 12.8 Å². The smallest absolute Gasteiger partial charge is 0.0541 e. The van der Waals surface area contributed by atoms with Crippen molar-refractivity contribution >= 4 is 34.7 Å². The van der Waals surface area contributed by atoms with Crippen molar-refractivity contribution in [3.8, 4) is 0 Å². The maximum atomic E-state index is 6.15. The molecule has 18 heavy (non-hydrogen) atoms. The molecule has 1 atom stereocenters. The first kappa shape index (κ1) is 13.9. The van der Waals surface area contributed by atoms with Crippen molar-refractivity contribution in [2.45, 2.75) is 17.4 Å². The Morgan fingerprint density at radius 2 is 2.11 bits per heavy atom. The van der Waals surface area contributed by atoms with Gasteiger partial charge in [0.25, 0.3) is 0 Å². The van der Waals surface area contributed by atoms with Crippen LogP contribution in [0.25, 0.3) is 0 Å². The maximum absolute atomic E-state index is 6.15. The van der Waals surface area contributed by atoms with Crippen LogP contribution in [0, 0.1) is 0 Å². The number of thiophene rings is 1. The lowest BCUT2D eigenvalue weighted by Crippen LogP contribution is -2.29. The van der Waals surface area contributed by atoms with Crippen LogP contribution >= 0.6 is 34.7 Å². The minimum absolute atomic E-state index is 0.477. The standard InChI is InChI=1S/C14H16ClNS2/c1-16-11(9-12-5-4-8-17-12)10-18-14-7-3-2-6-13(14)15/h2-8,11,16H,9-10H2,1H3. The molecule has 1 aromatic carbocycles. The molecule has 1 heterocycles. The predicted octanol–water partition coefficient (Wildman–Crippen LogP) is 4.32. The average molecular weight is 298 g/mol. The lowest BCUT2D eigenvalue weighted by Gasteiger charge is -2.15. The molecule has 0 fully saturated rings. The molecule has 1 unspecified atom stereocenters. The summed E-state index contributed by atoms with van der Waals surface area (Å²) in [6.45, 7) is 0. The summed E-state index contributed by atoms with van der Waals surface area (Å²) in [7, 11) is 2.02. The molecule has 2 aromatic rings. The first-order valence-corrected chi connectivity index (χ1v) is 8.11. The molecular weight excluding hydrogens is 282 g/mol. The first-order chi connectivity index (χ1) is 8.79. The van der Waals surface area contributed by atoms with Crippen LogP contribution in [0.15, 0.2) is 46.7 Å². The van der Waals surface area contributed by atoms with Crippen molar-refractivity contribution in [1.29, 1.82) is 0 Å². The van der Waals surface area contributed by atoms with Crippen LogP contribution in [0.1, 0.15) is 4.88 Å². The van der Waals surface area contributed by atoms with E-state index >= 15 is 0 Å². The van der Waals surface area contributed by atoms with Gasteiger partial charge in [-0.2, -0.15) is 0 Å². The molecule has 0 amide bonds. The second kappa shape index (κ2) is 7.19. The Morgan fingerprint density at radius 3 is 2.78 bits per heavy atom. The van der Waals surface area contributed by atoms with Crippen molar-refractivity contribution < 1.29 is 0 Å². The van der Waals surface area contributed by atoms with Gasteiger partial charge in [-0.3, -0.25) is 0 Å². The van der Waals surface area contributed by atoms with Crippen LogP contribution in [0.4, 0.5) is 0 Å². The van der Waals surface area contributed by atoms with Crippen molar-refractivity contribution in [3.05, 3.63) is 51.7 Å². The largest absolute Gasteiger partial charge is 0.316 e. The van der Waals surface area contributed by atoms with E-state index in [9.17, 15) is 0 Å². The number of thioether (sulfide) groups is 1. The molecule has 0 spiro atoms. The highest BCUT2D eigenvalue weighted by Gasteiger charge is 2.09. The number of nitrogens with one attached hydrogen (secondary N) is 1. The predicted molar refractivity (Wildman–Crippen MR) is 83.0 cm³/mol. The number of rotatable bonds is 6. The third-order valence-corrected chi connectivity index (χ3v) is 5.29. The normalized spacial score (nSPS) is 12.6. The number of benzene rings is 1. The third-order valence-electron chi connectivity index (χ3n) is 2.71. The summed E-state index contributed by atoms with van der Waals surface area (Å²) in [5.41, 5.74) is 0. The molecular formula is C14H16ClNS2. The van der Waals surface area contributed by atoms with Gasteiger partial charge in [0.05, 0.1) is 5.02 Å². The number of likely N-dealkylation sites (N-methyl/N-ethyl adjacent to an activating group) is 1. The monoisotopic (exact) mass is 297 g/mol. The molecule has 96 valence electrons. The van der Waals surface area contributed by atoms with E-state index in [0.29, 0.717) is 6.04 Å². The summed E-state index contributed by atoms with van der Waals surface area (Å²) in [6, 6.07) is 12.8. The van der Waals surface area contributed by atoms with Gasteiger partial charge in [-0.1, -0.05) is 29.8 Å². The van der Waals surface area contributed by atoms with Crippen LogP contribution in [0.2, 0.25) is 5.02 Å². The summed E-state index contributed by atoms with van der Waals surface area (Å²) in [5.74, 6) is 1.03. The van der Waals surface area contributed by atoms with E-state index < -0.39 is 0 Å². The molecule has 0 saturated carbocycles. The Hall–Kier alpha value is -0.480. The zero-order valence-electron chi connectivity index (χ0n) is 10.2. The van der Waals surface area contributed by atoms with Crippen molar-refractivity contribution in [1.82, 2.24) is 5.32 Å². The quantitative estimate of drug-likeness (QED) is 0.797. The van der Waals surface area contributed by atoms with Gasteiger partial charge in [-0.15, -0.1) is 23.1 Å². The zero-order chi connectivity index (χ0) is 12.8. The second-order valence-electron chi connectivity index (χ2n) is 4.01. The van der Waals surface area contributed by atoms with E-state index in [0.717, 1.165) is 22.1 Å². The van der Waals surface area contributed by atoms with Crippen LogP contribution in [-0.2, 0) is 6.42 Å². The molecule has 4 heteroatoms. The molecule has 0 aliphatic rings. The fourth-order valence-corrected chi connectivity index (χ4v) is 3.80. The second-order valence-corrected chi connectivity index (χ2v) is 6.51. The molecule has 1 nitrogen and oxygen atoms in total. The average Bonchev–Trinajstić information content (AvgIpc) is 2.89. The lowest BCUT2D eigenvalue weighted by atomic mass is 10.2. The summed E-state index contributed by atoms with van der Waals surface area (Å²) < 4.78 is 0. The number of halogens is 1. The number of hydrogen-bond donors (Lipinski definition) is 1. The summed E-state index contributed by atoms with van der Waals surface area (Å²) in [5, 5.41) is 6.34. The minimum atomic E-state index is 0.477. The minimum Gasteiger partial charge on any atom is -0.316 e. The van der Waals surface area contributed by atoms with E-state index in [1.165, 1.54) is 4.88 Å². The maximum Gasteiger partial charge on any atom is 0.0541 e.